The number of H-pyrrole nitrogens is 2. The molecule has 15 heteroatoms. The van der Waals surface area contributed by atoms with E-state index in [1.165, 1.54) is 19.2 Å². The number of methoxy groups -OCH3 is 2. The number of alkyl carbamates (subject to hydrolysis) is 1. The Morgan fingerprint density at radius 1 is 0.786 bits per heavy atom. The van der Waals surface area contributed by atoms with Crippen LogP contribution in [0.15, 0.2) is 60.9 Å². The minimum absolute atomic E-state index is 0.108. The van der Waals surface area contributed by atoms with E-state index < -0.39 is 24.1 Å². The van der Waals surface area contributed by atoms with Crippen LogP contribution < -0.4 is 10.7 Å². The van der Waals surface area contributed by atoms with Gasteiger partial charge in [-0.15, -0.1) is 0 Å². The van der Waals surface area contributed by atoms with Crippen molar-refractivity contribution < 1.29 is 33.4 Å². The number of carbonyl (C=O) groups is 4. The van der Waals surface area contributed by atoms with Gasteiger partial charge in [0, 0.05) is 12.6 Å². The molecular weight excluding hydrogens is 716 g/mol. The molecule has 0 aliphatic carbocycles. The summed E-state index contributed by atoms with van der Waals surface area (Å²) in [5, 5.41) is 4.03. The van der Waals surface area contributed by atoms with E-state index in [9.17, 15) is 19.2 Å². The molecule has 3 saturated heterocycles. The van der Waals surface area contributed by atoms with E-state index in [1.54, 1.807) is 17.3 Å². The van der Waals surface area contributed by atoms with E-state index in [-0.39, 0.29) is 47.9 Å². The molecule has 15 nitrogen and oxygen atoms in total. The second-order valence-electron chi connectivity index (χ2n) is 15.3. The number of aromatic nitrogens is 4. The van der Waals surface area contributed by atoms with Gasteiger partial charge in [0.1, 0.15) is 17.7 Å². The molecule has 0 radical (unpaired) electrons. The molecular formula is C41H50N8O7. The summed E-state index contributed by atoms with van der Waals surface area (Å²) in [5.74, 6) is 0.173. The molecule has 2 aromatic heterocycles. The lowest BCUT2D eigenvalue weighted by molar-refractivity contribution is -0.142. The number of hydrazine groups is 1. The molecule has 6 atom stereocenters. The first kappa shape index (κ1) is 38.6. The van der Waals surface area contributed by atoms with Crippen LogP contribution in [0.25, 0.3) is 33.6 Å². The highest BCUT2D eigenvalue weighted by Gasteiger charge is 2.55. The molecule has 4 aromatic rings. The quantitative estimate of drug-likeness (QED) is 0.142. The van der Waals surface area contributed by atoms with Crippen LogP contribution in [0.4, 0.5) is 9.59 Å². The summed E-state index contributed by atoms with van der Waals surface area (Å²) in [6.45, 7) is 8.06. The summed E-state index contributed by atoms with van der Waals surface area (Å²) in [7, 11) is 2.55. The highest BCUT2D eigenvalue weighted by Crippen LogP contribution is 2.49. The van der Waals surface area contributed by atoms with E-state index >= 15 is 0 Å². The molecule has 4 unspecified atom stereocenters. The van der Waals surface area contributed by atoms with Crippen molar-refractivity contribution in [2.24, 2.45) is 11.8 Å². The zero-order valence-corrected chi connectivity index (χ0v) is 32.6. The second kappa shape index (κ2) is 16.2. The number of fused-ring (bicyclic) bond motifs is 2. The van der Waals surface area contributed by atoms with Gasteiger partial charge in [-0.3, -0.25) is 9.59 Å². The van der Waals surface area contributed by atoms with Crippen molar-refractivity contribution >= 4 is 24.0 Å². The molecule has 7 rings (SSSR count). The number of aromatic amines is 2. The Hall–Kier alpha value is -5.70. The zero-order valence-electron chi connectivity index (χ0n) is 32.6. The SMILES string of the molecule is COC(=O)NC(C(=O)N1CCCC1c1ncc(-c2ccc(-c3ccc(-c4cnc([C@H]5C6CCC(O6)[C@H]5C(=O)N(NC(=O)OC)C(C)C)[nH]4)cc3)cc2)[nH]1)C(C)C. The minimum Gasteiger partial charge on any atom is -0.453 e. The van der Waals surface area contributed by atoms with Crippen molar-refractivity contribution in [3.05, 3.63) is 72.6 Å². The number of likely N-dealkylation sites (tertiary alicyclic amines) is 1. The molecule has 3 fully saturated rings. The molecule has 3 aliphatic heterocycles. The second-order valence-corrected chi connectivity index (χ2v) is 15.3. The molecule has 56 heavy (non-hydrogen) atoms. The molecule has 0 spiro atoms. The number of rotatable bonds is 10. The number of nitrogens with zero attached hydrogens (tertiary/aromatic N) is 4. The number of hydrogen-bond acceptors (Lipinski definition) is 9. The summed E-state index contributed by atoms with van der Waals surface area (Å²) in [5.41, 5.74) is 8.28. The fourth-order valence-electron chi connectivity index (χ4n) is 8.26. The number of carbonyl (C=O) groups excluding carboxylic acids is 4. The molecule has 3 aliphatic rings. The predicted molar refractivity (Wildman–Crippen MR) is 207 cm³/mol. The number of imidazole rings is 2. The van der Waals surface area contributed by atoms with E-state index in [1.807, 2.05) is 52.0 Å². The lowest BCUT2D eigenvalue weighted by atomic mass is 9.78. The van der Waals surface area contributed by atoms with Crippen molar-refractivity contribution in [2.75, 3.05) is 20.8 Å². The van der Waals surface area contributed by atoms with Crippen LogP contribution in [-0.4, -0.2) is 98.9 Å². The van der Waals surface area contributed by atoms with Gasteiger partial charge in [0.15, 0.2) is 0 Å². The van der Waals surface area contributed by atoms with Crippen LogP contribution >= 0.6 is 0 Å². The maximum atomic E-state index is 13.8. The Kier molecular flexibility index (Phi) is 11.1. The normalized spacial score (nSPS) is 22.0. The number of amides is 4. The highest BCUT2D eigenvalue weighted by molar-refractivity contribution is 5.86. The smallest absolute Gasteiger partial charge is 0.425 e. The Balaban J connectivity index is 1.02. The van der Waals surface area contributed by atoms with Crippen molar-refractivity contribution in [3.63, 3.8) is 0 Å². The van der Waals surface area contributed by atoms with Gasteiger partial charge in [0.25, 0.3) is 0 Å². The van der Waals surface area contributed by atoms with Crippen molar-refractivity contribution in [2.45, 2.75) is 89.6 Å². The predicted octanol–water partition coefficient (Wildman–Crippen LogP) is 5.95. The number of nitrogens with one attached hydrogen (secondary N) is 4. The van der Waals surface area contributed by atoms with Crippen LogP contribution in [0, 0.1) is 11.8 Å². The van der Waals surface area contributed by atoms with Gasteiger partial charge >= 0.3 is 12.2 Å². The largest absolute Gasteiger partial charge is 0.453 e. The van der Waals surface area contributed by atoms with Gasteiger partial charge in [-0.1, -0.05) is 62.4 Å². The average molecular weight is 767 g/mol. The number of benzene rings is 2. The van der Waals surface area contributed by atoms with Gasteiger partial charge < -0.3 is 34.4 Å². The third-order valence-corrected chi connectivity index (χ3v) is 11.2. The zero-order chi connectivity index (χ0) is 39.7. The summed E-state index contributed by atoms with van der Waals surface area (Å²) < 4.78 is 15.7. The van der Waals surface area contributed by atoms with Gasteiger partial charge in [-0.05, 0) is 67.7 Å². The first-order chi connectivity index (χ1) is 27.0. The first-order valence-electron chi connectivity index (χ1n) is 19.3. The molecule has 296 valence electrons. The Morgan fingerprint density at radius 3 is 1.91 bits per heavy atom. The number of ether oxygens (including phenoxy) is 3. The number of hydrogen-bond donors (Lipinski definition) is 4. The molecule has 4 N–H and O–H groups in total. The molecule has 4 amide bonds. The van der Waals surface area contributed by atoms with Gasteiger partial charge in [0.05, 0.1) is 68.1 Å². The van der Waals surface area contributed by atoms with Gasteiger partial charge in [-0.25, -0.2) is 30.0 Å². The van der Waals surface area contributed by atoms with Gasteiger partial charge in [-0.2, -0.15) is 0 Å². The summed E-state index contributed by atoms with van der Waals surface area (Å²) >= 11 is 0. The van der Waals surface area contributed by atoms with Crippen LogP contribution in [-0.2, 0) is 23.8 Å². The fourth-order valence-corrected chi connectivity index (χ4v) is 8.26. The van der Waals surface area contributed by atoms with Crippen LogP contribution in [0.1, 0.15) is 77.0 Å². The van der Waals surface area contributed by atoms with Crippen LogP contribution in [0.5, 0.6) is 0 Å². The van der Waals surface area contributed by atoms with Crippen molar-refractivity contribution in [1.29, 1.82) is 0 Å². The molecule has 2 aromatic carbocycles. The minimum atomic E-state index is -0.699. The standard InChI is InChI=1S/C41H50N8O7/c1-22(2)35(46-40(52)54-5)39(51)48-19-7-8-30(48)36-42-20-28(44-36)26-13-9-24(10-14-26)25-11-15-27(16-12-25)29-21-43-37(45-29)33-31-17-18-32(56-31)34(33)38(50)49(23(3)4)47-41(53)55-6/h9-16,20-23,30-35H,7-8,17-19H2,1-6H3,(H,42,44)(H,43,45)(H,46,52)(H,47,53)/t30?,31?,32?,33-,34+,35?/m0/s1. The van der Waals surface area contributed by atoms with E-state index in [2.05, 4.69) is 50.0 Å². The fraction of sp³-hybridized carbons (Fsp3) is 0.463. The Labute approximate surface area is 325 Å². The molecule has 2 bridgehead atoms. The third-order valence-electron chi connectivity index (χ3n) is 11.2. The summed E-state index contributed by atoms with van der Waals surface area (Å²) in [6.07, 6.45) is 5.12. The topological polar surface area (TPSA) is 184 Å². The average Bonchev–Trinajstić information content (AvgIpc) is 4.06. The maximum Gasteiger partial charge on any atom is 0.425 e. The van der Waals surface area contributed by atoms with Crippen LogP contribution in [0.3, 0.4) is 0 Å². The molecule has 0 saturated carbocycles. The van der Waals surface area contributed by atoms with Crippen molar-refractivity contribution in [1.82, 2.24) is 40.6 Å². The summed E-state index contributed by atoms with van der Waals surface area (Å²) in [4.78, 5) is 69.5. The monoisotopic (exact) mass is 766 g/mol. The van der Waals surface area contributed by atoms with E-state index in [0.717, 1.165) is 65.1 Å². The lowest BCUT2D eigenvalue weighted by Crippen LogP contribution is -2.54. The Morgan fingerprint density at radius 2 is 1.34 bits per heavy atom. The first-order valence-corrected chi connectivity index (χ1v) is 19.3. The highest BCUT2D eigenvalue weighted by atomic mass is 16.5. The maximum absolute atomic E-state index is 13.8. The molecule has 5 heterocycles. The third kappa shape index (κ3) is 7.59. The lowest BCUT2D eigenvalue weighted by Gasteiger charge is -2.33. The van der Waals surface area contributed by atoms with Crippen LogP contribution in [0.2, 0.25) is 0 Å². The van der Waals surface area contributed by atoms with Crippen molar-refractivity contribution in [3.8, 4) is 33.6 Å². The van der Waals surface area contributed by atoms with E-state index in [4.69, 9.17) is 19.2 Å². The van der Waals surface area contributed by atoms with E-state index in [0.29, 0.717) is 12.4 Å². The summed E-state index contributed by atoms with van der Waals surface area (Å²) in [6, 6.07) is 15.3. The Bertz CT molecular complexity index is 2040. The van der Waals surface area contributed by atoms with Gasteiger partial charge in [0.2, 0.25) is 11.8 Å².